The second-order valence-corrected chi connectivity index (χ2v) is 14.8. The number of aliphatic hydroxyl groups is 3. The highest BCUT2D eigenvalue weighted by atomic mass is 16.5. The lowest BCUT2D eigenvalue weighted by Gasteiger charge is -2.63. The average Bonchev–Trinajstić information content (AvgIpc) is 3.54. The van der Waals surface area contributed by atoms with E-state index in [4.69, 9.17) is 4.74 Å². The van der Waals surface area contributed by atoms with Gasteiger partial charge in [-0.2, -0.15) is 0 Å². The summed E-state index contributed by atoms with van der Waals surface area (Å²) in [7, 11) is 1.70. The van der Waals surface area contributed by atoms with Crippen LogP contribution in [0.1, 0.15) is 78.6 Å². The topological polar surface area (TPSA) is 104 Å². The van der Waals surface area contributed by atoms with Gasteiger partial charge >= 0.3 is 0 Å². The summed E-state index contributed by atoms with van der Waals surface area (Å²) in [6.07, 6.45) is 8.47. The molecule has 1 aromatic heterocycles. The highest BCUT2D eigenvalue weighted by molar-refractivity contribution is 6.01. The summed E-state index contributed by atoms with van der Waals surface area (Å²) in [5.74, 6) is 1.81. The molecule has 1 heterocycles. The maximum absolute atomic E-state index is 13.2. The Kier molecular flexibility index (Phi) is 8.27. The van der Waals surface area contributed by atoms with E-state index in [1.165, 1.54) is 0 Å². The molecule has 4 aliphatic rings. The number of fused-ring (bicyclic) bond motifs is 6. The highest BCUT2D eigenvalue weighted by Crippen LogP contribution is 2.68. The van der Waals surface area contributed by atoms with Crippen LogP contribution in [0.3, 0.4) is 0 Å². The van der Waals surface area contributed by atoms with Gasteiger partial charge in [0.2, 0.25) is 5.91 Å². The van der Waals surface area contributed by atoms with E-state index in [2.05, 4.69) is 42.8 Å². The molecule has 232 valence electrons. The lowest BCUT2D eigenvalue weighted by atomic mass is 9.43. The lowest BCUT2D eigenvalue weighted by Crippen LogP contribution is -2.62. The SMILES string of the molecule is COCCn1ccc2c(NC(=O)CC[C@@H](C)[C@@H]3CC[C@@H]4[C@@H]5[C@H](O)C[C@H]6C[C@H](O)CC[C@]6(C)[C@@H]5C[C@H](O)[C@@]43C)cccc21. The fourth-order valence-corrected chi connectivity index (χ4v) is 10.6. The number of benzene rings is 1. The van der Waals surface area contributed by atoms with Gasteiger partial charge in [0.15, 0.2) is 0 Å². The van der Waals surface area contributed by atoms with Crippen LogP contribution in [0.5, 0.6) is 0 Å². The molecular formula is C35H52N2O5. The number of aromatic nitrogens is 1. The normalized spacial score (nSPS) is 40.3. The van der Waals surface area contributed by atoms with Crippen LogP contribution in [0.15, 0.2) is 30.5 Å². The number of hydrogen-bond acceptors (Lipinski definition) is 5. The molecule has 4 N–H and O–H groups in total. The monoisotopic (exact) mass is 580 g/mol. The first-order valence-corrected chi connectivity index (χ1v) is 16.5. The summed E-state index contributed by atoms with van der Waals surface area (Å²) in [6, 6.07) is 8.08. The van der Waals surface area contributed by atoms with Crippen LogP contribution in [-0.4, -0.2) is 57.8 Å². The van der Waals surface area contributed by atoms with Crippen molar-refractivity contribution in [3.8, 4) is 0 Å². The minimum absolute atomic E-state index is 0.0316. The second kappa shape index (κ2) is 11.5. The Morgan fingerprint density at radius 1 is 1.10 bits per heavy atom. The van der Waals surface area contributed by atoms with Gasteiger partial charge in [-0.05, 0) is 116 Å². The molecule has 1 aromatic carbocycles. The minimum Gasteiger partial charge on any atom is -0.393 e. The van der Waals surface area contributed by atoms with Gasteiger partial charge in [-0.3, -0.25) is 4.79 Å². The van der Waals surface area contributed by atoms with Crippen molar-refractivity contribution < 1.29 is 24.9 Å². The molecule has 6 rings (SSSR count). The van der Waals surface area contributed by atoms with Crippen LogP contribution in [0, 0.1) is 46.3 Å². The van der Waals surface area contributed by atoms with E-state index < -0.39 is 6.10 Å². The maximum atomic E-state index is 13.2. The van der Waals surface area contributed by atoms with Gasteiger partial charge in [-0.25, -0.2) is 0 Å². The van der Waals surface area contributed by atoms with Crippen molar-refractivity contribution in [3.63, 3.8) is 0 Å². The molecular weight excluding hydrogens is 528 g/mol. The van der Waals surface area contributed by atoms with Crippen molar-refractivity contribution in [2.45, 2.75) is 103 Å². The number of carbonyl (C=O) groups is 1. The summed E-state index contributed by atoms with van der Waals surface area (Å²) in [4.78, 5) is 13.2. The highest BCUT2D eigenvalue weighted by Gasteiger charge is 2.65. The molecule has 0 unspecified atom stereocenters. The van der Waals surface area contributed by atoms with Crippen LogP contribution < -0.4 is 5.32 Å². The predicted molar refractivity (Wildman–Crippen MR) is 165 cm³/mol. The van der Waals surface area contributed by atoms with Gasteiger partial charge in [0.25, 0.3) is 0 Å². The van der Waals surface area contributed by atoms with Crippen molar-refractivity contribution in [1.82, 2.24) is 4.57 Å². The molecule has 11 atom stereocenters. The van der Waals surface area contributed by atoms with Crippen molar-refractivity contribution >= 4 is 22.5 Å². The number of rotatable bonds is 8. The zero-order valence-electron chi connectivity index (χ0n) is 26.0. The van der Waals surface area contributed by atoms with E-state index in [1.807, 2.05) is 18.3 Å². The zero-order valence-corrected chi connectivity index (χ0v) is 26.0. The molecule has 0 spiro atoms. The van der Waals surface area contributed by atoms with E-state index in [9.17, 15) is 20.1 Å². The Bertz CT molecular complexity index is 1280. The molecule has 0 bridgehead atoms. The second-order valence-electron chi connectivity index (χ2n) is 14.8. The van der Waals surface area contributed by atoms with Gasteiger partial charge in [-0.1, -0.05) is 26.8 Å². The van der Waals surface area contributed by atoms with Crippen molar-refractivity contribution in [2.24, 2.45) is 46.3 Å². The van der Waals surface area contributed by atoms with E-state index in [0.717, 1.165) is 74.5 Å². The Balaban J connectivity index is 1.12. The summed E-state index contributed by atoms with van der Waals surface area (Å²) >= 11 is 0. The van der Waals surface area contributed by atoms with Crippen LogP contribution in [0.4, 0.5) is 5.69 Å². The first kappa shape index (κ1) is 30.1. The number of carbonyl (C=O) groups excluding carboxylic acids is 1. The summed E-state index contributed by atoms with van der Waals surface area (Å²) in [5.41, 5.74) is 1.77. The Hall–Kier alpha value is -1.93. The van der Waals surface area contributed by atoms with Crippen molar-refractivity contribution in [3.05, 3.63) is 30.5 Å². The molecule has 0 radical (unpaired) electrons. The number of anilines is 1. The third-order valence-corrected chi connectivity index (χ3v) is 13.0. The van der Waals surface area contributed by atoms with Crippen molar-refractivity contribution in [1.29, 1.82) is 0 Å². The zero-order chi connectivity index (χ0) is 29.8. The van der Waals surface area contributed by atoms with Crippen LogP contribution >= 0.6 is 0 Å². The van der Waals surface area contributed by atoms with Gasteiger partial charge in [0.05, 0.1) is 36.1 Å². The smallest absolute Gasteiger partial charge is 0.224 e. The number of hydrogen-bond donors (Lipinski definition) is 4. The molecule has 0 saturated heterocycles. The molecule has 1 amide bonds. The summed E-state index contributed by atoms with van der Waals surface area (Å²) in [5, 5.41) is 37.9. The first-order valence-electron chi connectivity index (χ1n) is 16.5. The molecule has 4 aliphatic carbocycles. The van der Waals surface area contributed by atoms with Crippen LogP contribution in [-0.2, 0) is 16.1 Å². The first-order chi connectivity index (χ1) is 20.1. The number of nitrogens with one attached hydrogen (secondary N) is 1. The molecule has 7 nitrogen and oxygen atoms in total. The Morgan fingerprint density at radius 2 is 1.90 bits per heavy atom. The quantitative estimate of drug-likeness (QED) is 0.325. The Morgan fingerprint density at radius 3 is 2.69 bits per heavy atom. The molecule has 4 saturated carbocycles. The number of ether oxygens (including phenoxy) is 1. The van der Waals surface area contributed by atoms with Gasteiger partial charge in [0, 0.05) is 31.7 Å². The third-order valence-electron chi connectivity index (χ3n) is 13.0. The Labute approximate surface area is 251 Å². The average molecular weight is 581 g/mol. The fraction of sp³-hybridized carbons (Fsp3) is 0.743. The predicted octanol–water partition coefficient (Wildman–Crippen LogP) is 5.60. The van der Waals surface area contributed by atoms with Crippen LogP contribution in [0.2, 0.25) is 0 Å². The maximum Gasteiger partial charge on any atom is 0.224 e. The molecule has 4 fully saturated rings. The number of aliphatic hydroxyl groups excluding tert-OH is 3. The molecule has 42 heavy (non-hydrogen) atoms. The minimum atomic E-state index is -0.401. The third kappa shape index (κ3) is 4.92. The van der Waals surface area contributed by atoms with Crippen molar-refractivity contribution in [2.75, 3.05) is 19.0 Å². The van der Waals surface area contributed by atoms with Gasteiger partial charge in [-0.15, -0.1) is 0 Å². The van der Waals surface area contributed by atoms with Gasteiger partial charge < -0.3 is 29.9 Å². The van der Waals surface area contributed by atoms with E-state index >= 15 is 0 Å². The number of methoxy groups -OCH3 is 1. The summed E-state index contributed by atoms with van der Waals surface area (Å²) in [6.45, 7) is 8.33. The van der Waals surface area contributed by atoms with E-state index in [0.29, 0.717) is 42.6 Å². The molecule has 2 aromatic rings. The molecule has 7 heteroatoms. The fourth-order valence-electron chi connectivity index (χ4n) is 10.6. The van der Waals surface area contributed by atoms with E-state index in [1.54, 1.807) is 7.11 Å². The largest absolute Gasteiger partial charge is 0.393 e. The number of amides is 1. The van der Waals surface area contributed by atoms with Gasteiger partial charge in [0.1, 0.15) is 0 Å². The standard InChI is InChI=1S/C35H52N2O5/c1-21(8-11-32(41)36-28-6-5-7-29-24(28)13-15-37(29)16-17-42-4)25-9-10-26-33-27(20-31(40)35(25,26)3)34(2)14-12-23(38)18-22(34)19-30(33)39/h5-7,13,15,21-23,25-27,30-31,33,38-40H,8-12,14,16-20H2,1-4H3,(H,36,41)/t21-,22-,23-,25+,26-,27-,30-,31+,33+,34+,35-/m1/s1. The number of nitrogens with zero attached hydrogens (tertiary/aromatic N) is 1. The molecule has 0 aliphatic heterocycles. The van der Waals surface area contributed by atoms with Crippen LogP contribution in [0.25, 0.3) is 10.9 Å². The lowest BCUT2D eigenvalue weighted by molar-refractivity contribution is -0.207. The van der Waals surface area contributed by atoms with E-state index in [-0.39, 0.29) is 34.9 Å². The summed E-state index contributed by atoms with van der Waals surface area (Å²) < 4.78 is 7.38.